The molecule has 0 spiro atoms. The zero-order chi connectivity index (χ0) is 30.9. The number of hydrogen-bond acceptors (Lipinski definition) is 7. The molecular formula is C32H30F2N4O5. The Kier molecular flexibility index (Phi) is 9.89. The van der Waals surface area contributed by atoms with Gasteiger partial charge in [0.25, 0.3) is 11.8 Å². The molecule has 3 aromatic carbocycles. The molecular weight excluding hydrogens is 558 g/mol. The van der Waals surface area contributed by atoms with Gasteiger partial charge < -0.3 is 30.2 Å². The van der Waals surface area contributed by atoms with Gasteiger partial charge in [0.15, 0.2) is 23.1 Å². The van der Waals surface area contributed by atoms with Gasteiger partial charge in [0.05, 0.1) is 19.7 Å². The van der Waals surface area contributed by atoms with Crippen molar-refractivity contribution in [2.75, 3.05) is 31.4 Å². The first-order valence-corrected chi connectivity index (χ1v) is 13.1. The number of pyridine rings is 1. The van der Waals surface area contributed by atoms with Crippen molar-refractivity contribution >= 4 is 34.1 Å². The number of carbonyl (C=O) groups excluding carboxylic acids is 2. The molecule has 0 aliphatic carbocycles. The number of ether oxygens (including phenoxy) is 3. The van der Waals surface area contributed by atoms with Crippen molar-refractivity contribution in [3.05, 3.63) is 102 Å². The maximum absolute atomic E-state index is 15.2. The van der Waals surface area contributed by atoms with Crippen LogP contribution in [0.15, 0.2) is 90.3 Å². The fraction of sp³-hybridized carbons (Fsp3) is 0.156. The quantitative estimate of drug-likeness (QED) is 0.0617. The van der Waals surface area contributed by atoms with Crippen LogP contribution in [0.3, 0.4) is 0 Å². The molecule has 0 aliphatic heterocycles. The number of hydrogen-bond donors (Lipinski definition) is 3. The normalized spacial score (nSPS) is 11.0. The smallest absolute Gasteiger partial charge is 0.262 e. The average molecular weight is 589 g/mol. The van der Waals surface area contributed by atoms with Crippen LogP contribution >= 0.6 is 0 Å². The third-order valence-electron chi connectivity index (χ3n) is 6.08. The molecule has 2 amide bonds. The number of halogens is 2. The summed E-state index contributed by atoms with van der Waals surface area (Å²) in [5.41, 5.74) is 1.70. The lowest BCUT2D eigenvalue weighted by Crippen LogP contribution is -2.27. The number of anilines is 2. The Labute approximate surface area is 247 Å². The van der Waals surface area contributed by atoms with E-state index in [4.69, 9.17) is 14.2 Å². The molecule has 0 unspecified atom stereocenters. The zero-order valence-corrected chi connectivity index (χ0v) is 24.0. The SMILES string of the molecule is COc1cc2nccc(Oc3ccc(NC(=O)/C(=C/NCC=C(C)C)C(=O)Nc4ccc(F)cc4)cc3F)c2cc1OC. The second-order valence-electron chi connectivity index (χ2n) is 9.44. The molecule has 0 bridgehead atoms. The van der Waals surface area contributed by atoms with Crippen LogP contribution in [0.2, 0.25) is 0 Å². The summed E-state index contributed by atoms with van der Waals surface area (Å²) in [6.45, 7) is 4.19. The fourth-order valence-electron chi connectivity index (χ4n) is 3.90. The molecule has 4 aromatic rings. The van der Waals surface area contributed by atoms with Gasteiger partial charge in [-0.15, -0.1) is 0 Å². The molecule has 0 saturated heterocycles. The lowest BCUT2D eigenvalue weighted by atomic mass is 10.1. The summed E-state index contributed by atoms with van der Waals surface area (Å²) in [7, 11) is 3.01. The van der Waals surface area contributed by atoms with E-state index in [-0.39, 0.29) is 17.0 Å². The summed E-state index contributed by atoms with van der Waals surface area (Å²) in [5.74, 6) is -1.61. The van der Waals surface area contributed by atoms with Gasteiger partial charge >= 0.3 is 0 Å². The number of allylic oxidation sites excluding steroid dienone is 1. The molecule has 3 N–H and O–H groups in total. The Morgan fingerprint density at radius 3 is 2.12 bits per heavy atom. The first-order valence-electron chi connectivity index (χ1n) is 13.1. The molecule has 222 valence electrons. The number of carbonyl (C=O) groups is 2. The largest absolute Gasteiger partial charge is 0.493 e. The highest BCUT2D eigenvalue weighted by molar-refractivity contribution is 6.26. The lowest BCUT2D eigenvalue weighted by Gasteiger charge is -2.14. The highest BCUT2D eigenvalue weighted by Crippen LogP contribution is 2.37. The third-order valence-corrected chi connectivity index (χ3v) is 6.08. The number of nitrogens with zero attached hydrogens (tertiary/aromatic N) is 1. The van der Waals surface area contributed by atoms with Gasteiger partial charge in [-0.3, -0.25) is 14.6 Å². The van der Waals surface area contributed by atoms with E-state index in [0.717, 1.165) is 11.6 Å². The Hall–Kier alpha value is -5.45. The lowest BCUT2D eigenvalue weighted by molar-refractivity contribution is -0.118. The average Bonchev–Trinajstić information content (AvgIpc) is 2.98. The fourth-order valence-corrected chi connectivity index (χ4v) is 3.90. The predicted octanol–water partition coefficient (Wildman–Crippen LogP) is 6.34. The second kappa shape index (κ2) is 13.9. The summed E-state index contributed by atoms with van der Waals surface area (Å²) in [6, 6.07) is 13.9. The van der Waals surface area contributed by atoms with Crippen molar-refractivity contribution in [2.45, 2.75) is 13.8 Å². The Morgan fingerprint density at radius 1 is 0.814 bits per heavy atom. The van der Waals surface area contributed by atoms with Crippen molar-refractivity contribution < 1.29 is 32.6 Å². The molecule has 1 heterocycles. The number of methoxy groups -OCH3 is 2. The Balaban J connectivity index is 1.54. The summed E-state index contributed by atoms with van der Waals surface area (Å²) in [6.07, 6.45) is 4.66. The van der Waals surface area contributed by atoms with Crippen LogP contribution in [0.4, 0.5) is 20.2 Å². The van der Waals surface area contributed by atoms with Crippen molar-refractivity contribution in [2.24, 2.45) is 0 Å². The molecule has 43 heavy (non-hydrogen) atoms. The molecule has 0 aliphatic rings. The molecule has 11 heteroatoms. The molecule has 0 atom stereocenters. The third kappa shape index (κ3) is 7.85. The van der Waals surface area contributed by atoms with Gasteiger partial charge in [0.1, 0.15) is 17.1 Å². The van der Waals surface area contributed by atoms with Gasteiger partial charge in [0, 0.05) is 47.8 Å². The van der Waals surface area contributed by atoms with E-state index in [1.165, 1.54) is 63.0 Å². The standard InChI is InChI=1S/C32H30F2N4O5/c1-19(2)11-13-35-18-24(31(39)37-21-7-5-20(33)6-8-21)32(40)38-22-9-10-28(25(34)15-22)43-27-12-14-36-26-17-30(42-4)29(41-3)16-23(26)27/h5-12,14-18,35H,13H2,1-4H3,(H,37,39)(H,38,40)/b24-18+. The maximum Gasteiger partial charge on any atom is 0.262 e. The maximum atomic E-state index is 15.2. The second-order valence-corrected chi connectivity index (χ2v) is 9.44. The summed E-state index contributed by atoms with van der Waals surface area (Å²) in [5, 5.41) is 8.56. The van der Waals surface area contributed by atoms with Gasteiger partial charge in [-0.05, 0) is 62.4 Å². The monoisotopic (exact) mass is 588 g/mol. The van der Waals surface area contributed by atoms with Gasteiger partial charge in [0.2, 0.25) is 0 Å². The van der Waals surface area contributed by atoms with Crippen LogP contribution in [0.25, 0.3) is 10.9 Å². The van der Waals surface area contributed by atoms with Crippen LogP contribution in [-0.4, -0.2) is 37.6 Å². The van der Waals surface area contributed by atoms with E-state index in [1.54, 1.807) is 18.2 Å². The van der Waals surface area contributed by atoms with Crippen molar-refractivity contribution in [1.82, 2.24) is 10.3 Å². The summed E-state index contributed by atoms with van der Waals surface area (Å²) < 4.78 is 45.0. The van der Waals surface area contributed by atoms with Crippen molar-refractivity contribution in [1.29, 1.82) is 0 Å². The number of amides is 2. The van der Waals surface area contributed by atoms with Crippen molar-refractivity contribution in [3.63, 3.8) is 0 Å². The van der Waals surface area contributed by atoms with E-state index < -0.39 is 23.4 Å². The number of benzene rings is 3. The van der Waals surface area contributed by atoms with Crippen LogP contribution in [0.5, 0.6) is 23.0 Å². The van der Waals surface area contributed by atoms with Crippen LogP contribution in [-0.2, 0) is 9.59 Å². The Bertz CT molecular complexity index is 1700. The van der Waals surface area contributed by atoms with Crippen LogP contribution in [0.1, 0.15) is 13.8 Å². The minimum Gasteiger partial charge on any atom is -0.493 e. The molecule has 4 rings (SSSR count). The summed E-state index contributed by atoms with van der Waals surface area (Å²) >= 11 is 0. The zero-order valence-electron chi connectivity index (χ0n) is 24.0. The van der Waals surface area contributed by atoms with E-state index in [1.807, 2.05) is 19.9 Å². The topological polar surface area (TPSA) is 111 Å². The Morgan fingerprint density at radius 2 is 1.47 bits per heavy atom. The first-order chi connectivity index (χ1) is 20.7. The summed E-state index contributed by atoms with van der Waals surface area (Å²) in [4.78, 5) is 30.4. The van der Waals surface area contributed by atoms with E-state index in [0.29, 0.717) is 40.4 Å². The molecule has 0 fully saturated rings. The van der Waals surface area contributed by atoms with Gasteiger partial charge in [-0.2, -0.15) is 0 Å². The van der Waals surface area contributed by atoms with Gasteiger partial charge in [-0.1, -0.05) is 11.6 Å². The van der Waals surface area contributed by atoms with E-state index in [9.17, 15) is 14.0 Å². The van der Waals surface area contributed by atoms with E-state index >= 15 is 4.39 Å². The molecule has 0 radical (unpaired) electrons. The number of rotatable bonds is 11. The molecule has 1 aromatic heterocycles. The number of fused-ring (bicyclic) bond motifs is 1. The van der Waals surface area contributed by atoms with Crippen LogP contribution in [0, 0.1) is 11.6 Å². The number of nitrogens with one attached hydrogen (secondary N) is 3. The van der Waals surface area contributed by atoms with Crippen molar-refractivity contribution in [3.8, 4) is 23.0 Å². The van der Waals surface area contributed by atoms with E-state index in [2.05, 4.69) is 20.9 Å². The molecule has 0 saturated carbocycles. The minimum absolute atomic E-state index is 0.0885. The molecule has 9 nitrogen and oxygen atoms in total. The number of aromatic nitrogens is 1. The minimum atomic E-state index is -0.793. The first kappa shape index (κ1) is 30.5. The predicted molar refractivity (Wildman–Crippen MR) is 160 cm³/mol. The highest BCUT2D eigenvalue weighted by Gasteiger charge is 2.20. The van der Waals surface area contributed by atoms with Gasteiger partial charge in [-0.25, -0.2) is 8.78 Å². The highest BCUT2D eigenvalue weighted by atomic mass is 19.1. The van der Waals surface area contributed by atoms with Crippen LogP contribution < -0.4 is 30.2 Å².